The zero-order chi connectivity index (χ0) is 24.0. The second-order valence-electron chi connectivity index (χ2n) is 10.4. The SMILES string of the molecule is CC1CCc2c(ccc3c2nc(Cc2ccccc2)n3CCN2CCC3(CCO3)CC2)N1C(=O)O. The van der Waals surface area contributed by atoms with E-state index in [2.05, 4.69) is 39.8 Å². The van der Waals surface area contributed by atoms with E-state index >= 15 is 0 Å². The summed E-state index contributed by atoms with van der Waals surface area (Å²) < 4.78 is 8.27. The number of hydrogen-bond acceptors (Lipinski definition) is 4. The molecule has 0 bridgehead atoms. The van der Waals surface area contributed by atoms with Crippen molar-refractivity contribution in [2.24, 2.45) is 0 Å². The smallest absolute Gasteiger partial charge is 0.412 e. The lowest BCUT2D eigenvalue weighted by atomic mass is 9.84. The number of aromatic nitrogens is 2. The quantitative estimate of drug-likeness (QED) is 0.580. The molecule has 6 rings (SSSR count). The van der Waals surface area contributed by atoms with Gasteiger partial charge in [-0.2, -0.15) is 0 Å². The van der Waals surface area contributed by atoms with E-state index in [0.29, 0.717) is 0 Å². The van der Waals surface area contributed by atoms with Crippen molar-refractivity contribution in [3.63, 3.8) is 0 Å². The number of rotatable bonds is 5. The molecule has 0 aliphatic carbocycles. The molecule has 3 aliphatic heterocycles. The Hall–Kier alpha value is -2.90. The van der Waals surface area contributed by atoms with Crippen molar-refractivity contribution in [3.8, 4) is 0 Å². The number of hydrogen-bond donors (Lipinski definition) is 1. The Morgan fingerprint density at radius 2 is 1.89 bits per heavy atom. The molecule has 0 radical (unpaired) electrons. The van der Waals surface area contributed by atoms with Gasteiger partial charge in [0.25, 0.3) is 0 Å². The maximum atomic E-state index is 12.0. The first-order chi connectivity index (χ1) is 17.0. The van der Waals surface area contributed by atoms with Crippen molar-refractivity contribution in [2.75, 3.05) is 31.1 Å². The van der Waals surface area contributed by atoms with Gasteiger partial charge in [-0.15, -0.1) is 0 Å². The number of anilines is 1. The van der Waals surface area contributed by atoms with Gasteiger partial charge < -0.3 is 19.3 Å². The zero-order valence-electron chi connectivity index (χ0n) is 20.4. The fraction of sp³-hybridized carbons (Fsp3) is 0.500. The third kappa shape index (κ3) is 4.10. The van der Waals surface area contributed by atoms with Crippen LogP contribution in [-0.2, 0) is 24.1 Å². The summed E-state index contributed by atoms with van der Waals surface area (Å²) in [6.07, 6.45) is 5.02. The maximum absolute atomic E-state index is 12.0. The number of fused-ring (bicyclic) bond motifs is 3. The summed E-state index contributed by atoms with van der Waals surface area (Å²) in [7, 11) is 0. The molecular formula is C28H34N4O3. The number of ether oxygens (including phenoxy) is 1. The monoisotopic (exact) mass is 474 g/mol. The predicted octanol–water partition coefficient (Wildman–Crippen LogP) is 4.70. The van der Waals surface area contributed by atoms with Crippen LogP contribution in [0.2, 0.25) is 0 Å². The molecule has 2 saturated heterocycles. The molecule has 1 spiro atoms. The van der Waals surface area contributed by atoms with Gasteiger partial charge in [0.05, 0.1) is 28.9 Å². The molecule has 4 heterocycles. The van der Waals surface area contributed by atoms with Gasteiger partial charge in [-0.05, 0) is 56.7 Å². The van der Waals surface area contributed by atoms with Crippen LogP contribution < -0.4 is 4.90 Å². The zero-order valence-corrected chi connectivity index (χ0v) is 20.4. The molecule has 1 unspecified atom stereocenters. The van der Waals surface area contributed by atoms with Crippen LogP contribution in [0.4, 0.5) is 10.5 Å². The lowest BCUT2D eigenvalue weighted by molar-refractivity contribution is -0.172. The first-order valence-corrected chi connectivity index (χ1v) is 13.0. The molecule has 184 valence electrons. The number of amides is 1. The van der Waals surface area contributed by atoms with E-state index in [9.17, 15) is 9.90 Å². The lowest BCUT2D eigenvalue weighted by Crippen LogP contribution is -2.52. The third-order valence-electron chi connectivity index (χ3n) is 8.38. The fourth-order valence-corrected chi connectivity index (χ4v) is 6.14. The lowest BCUT2D eigenvalue weighted by Gasteiger charge is -2.47. The van der Waals surface area contributed by atoms with Gasteiger partial charge in [-0.3, -0.25) is 4.90 Å². The molecular weight excluding hydrogens is 440 g/mol. The van der Waals surface area contributed by atoms with Crippen molar-refractivity contribution in [2.45, 2.75) is 63.6 Å². The summed E-state index contributed by atoms with van der Waals surface area (Å²) in [4.78, 5) is 21.2. The summed E-state index contributed by atoms with van der Waals surface area (Å²) in [6.45, 7) is 6.94. The summed E-state index contributed by atoms with van der Waals surface area (Å²) in [5.41, 5.74) is 5.35. The van der Waals surface area contributed by atoms with Crippen LogP contribution in [0.5, 0.6) is 0 Å². The van der Waals surface area contributed by atoms with Gasteiger partial charge >= 0.3 is 6.09 Å². The molecule has 1 atom stereocenters. The van der Waals surface area contributed by atoms with Crippen molar-refractivity contribution in [1.29, 1.82) is 0 Å². The van der Waals surface area contributed by atoms with Gasteiger partial charge in [-0.25, -0.2) is 9.78 Å². The van der Waals surface area contributed by atoms with Crippen molar-refractivity contribution in [3.05, 3.63) is 59.4 Å². The summed E-state index contributed by atoms with van der Waals surface area (Å²) in [5.74, 6) is 1.05. The number of likely N-dealkylation sites (tertiary alicyclic amines) is 1. The van der Waals surface area contributed by atoms with E-state index in [4.69, 9.17) is 9.72 Å². The van der Waals surface area contributed by atoms with E-state index < -0.39 is 6.09 Å². The molecule has 3 aliphatic rings. The number of piperidine rings is 1. The number of nitrogens with zero attached hydrogens (tertiary/aromatic N) is 4. The first-order valence-electron chi connectivity index (χ1n) is 13.0. The minimum atomic E-state index is -0.889. The third-order valence-corrected chi connectivity index (χ3v) is 8.38. The number of imidazole rings is 1. The summed E-state index contributed by atoms with van der Waals surface area (Å²) in [6, 6.07) is 14.5. The Morgan fingerprint density at radius 3 is 2.57 bits per heavy atom. The topological polar surface area (TPSA) is 70.8 Å². The highest BCUT2D eigenvalue weighted by Gasteiger charge is 2.41. The molecule has 1 aromatic heterocycles. The van der Waals surface area contributed by atoms with E-state index in [1.54, 1.807) is 0 Å². The highest BCUT2D eigenvalue weighted by atomic mass is 16.5. The highest BCUT2D eigenvalue weighted by Crippen LogP contribution is 2.38. The van der Waals surface area contributed by atoms with Crippen molar-refractivity contribution >= 4 is 22.8 Å². The Labute approximate surface area is 206 Å². The van der Waals surface area contributed by atoms with Crippen LogP contribution >= 0.6 is 0 Å². The first kappa shape index (κ1) is 22.6. The van der Waals surface area contributed by atoms with Gasteiger partial charge in [0.15, 0.2) is 0 Å². The maximum Gasteiger partial charge on any atom is 0.412 e. The highest BCUT2D eigenvalue weighted by molar-refractivity contribution is 5.94. The normalized spacial score (nSPS) is 21.7. The van der Waals surface area contributed by atoms with Crippen LogP contribution in [-0.4, -0.2) is 63.5 Å². The largest absolute Gasteiger partial charge is 0.465 e. The van der Waals surface area contributed by atoms with Crippen molar-refractivity contribution < 1.29 is 14.6 Å². The van der Waals surface area contributed by atoms with Crippen LogP contribution in [0, 0.1) is 0 Å². The minimum Gasteiger partial charge on any atom is -0.465 e. The summed E-state index contributed by atoms with van der Waals surface area (Å²) in [5, 5.41) is 9.86. The molecule has 2 fully saturated rings. The fourth-order valence-electron chi connectivity index (χ4n) is 6.14. The standard InChI is InChI=1S/C28H34N4O3/c1-20-7-8-22-23(32(20)27(33)34)9-10-24-26(22)29-25(19-21-5-3-2-4-6-21)31(24)17-16-30-14-11-28(12-15-30)13-18-35-28/h2-6,9-10,20H,7-8,11-19H2,1H3,(H,33,34). The van der Waals surface area contributed by atoms with Gasteiger partial charge in [0, 0.05) is 44.2 Å². The molecule has 2 aromatic carbocycles. The van der Waals surface area contributed by atoms with Crippen molar-refractivity contribution in [1.82, 2.24) is 14.5 Å². The van der Waals surface area contributed by atoms with E-state index in [1.165, 1.54) is 16.9 Å². The number of aryl methyl sites for hydroxylation is 1. The number of carboxylic acid groups (broad SMARTS) is 1. The Morgan fingerprint density at radius 1 is 1.11 bits per heavy atom. The molecule has 1 N–H and O–H groups in total. The molecule has 3 aromatic rings. The molecule has 35 heavy (non-hydrogen) atoms. The number of carbonyl (C=O) groups is 1. The average molecular weight is 475 g/mol. The Balaban J connectivity index is 1.32. The minimum absolute atomic E-state index is 0.0228. The van der Waals surface area contributed by atoms with E-state index in [-0.39, 0.29) is 11.6 Å². The van der Waals surface area contributed by atoms with Gasteiger partial charge in [0.1, 0.15) is 5.82 Å². The van der Waals surface area contributed by atoms with E-state index in [0.717, 1.165) is 93.0 Å². The average Bonchev–Trinajstić information content (AvgIpc) is 3.19. The van der Waals surface area contributed by atoms with Crippen LogP contribution in [0.15, 0.2) is 42.5 Å². The van der Waals surface area contributed by atoms with E-state index in [1.807, 2.05) is 19.1 Å². The molecule has 7 heteroatoms. The predicted molar refractivity (Wildman–Crippen MR) is 136 cm³/mol. The molecule has 7 nitrogen and oxygen atoms in total. The van der Waals surface area contributed by atoms with Crippen LogP contribution in [0.25, 0.3) is 11.0 Å². The van der Waals surface area contributed by atoms with Gasteiger partial charge in [0.2, 0.25) is 0 Å². The van der Waals surface area contributed by atoms with Crippen LogP contribution in [0.3, 0.4) is 0 Å². The molecule has 1 amide bonds. The second-order valence-corrected chi connectivity index (χ2v) is 10.4. The Bertz CT molecular complexity index is 1220. The molecule has 0 saturated carbocycles. The van der Waals surface area contributed by atoms with Crippen LogP contribution in [0.1, 0.15) is 49.6 Å². The number of benzene rings is 2. The van der Waals surface area contributed by atoms with Gasteiger partial charge in [-0.1, -0.05) is 30.3 Å². The Kier molecular flexibility index (Phi) is 5.77. The summed E-state index contributed by atoms with van der Waals surface area (Å²) >= 11 is 0. The second kappa shape index (κ2) is 8.95.